The molecule has 2 N–H and O–H groups in total. The summed E-state index contributed by atoms with van der Waals surface area (Å²) < 4.78 is 0. The summed E-state index contributed by atoms with van der Waals surface area (Å²) in [6.45, 7) is 4.89. The third-order valence-corrected chi connectivity index (χ3v) is 2.91. The highest BCUT2D eigenvalue weighted by atomic mass is 15.4. The second-order valence-electron chi connectivity index (χ2n) is 4.10. The maximum atomic E-state index is 9.01. The number of aryl methyl sites for hydroxylation is 2. The third-order valence-electron chi connectivity index (χ3n) is 2.91. The molecule has 0 spiro atoms. The number of hydrazine groups is 1. The topological polar surface area (TPSA) is 47.8 Å². The van der Waals surface area contributed by atoms with Gasteiger partial charge in [-0.1, -0.05) is 23.8 Å². The van der Waals surface area contributed by atoms with Crippen molar-refractivity contribution < 1.29 is 0 Å². The van der Waals surface area contributed by atoms with Crippen LogP contribution in [-0.4, -0.2) is 6.54 Å². The Morgan fingerprint density at radius 2 is 2.20 bits per heavy atom. The summed E-state index contributed by atoms with van der Waals surface area (Å²) in [5, 5.41) is 9.01. The highest BCUT2D eigenvalue weighted by Gasteiger charge is 2.28. The van der Waals surface area contributed by atoms with Crippen molar-refractivity contribution in [1.82, 2.24) is 10.9 Å². The Labute approximate surface area is 90.1 Å². The molecule has 0 aromatic heterocycles. The average Bonchev–Trinajstić information content (AvgIpc) is 2.65. The zero-order valence-corrected chi connectivity index (χ0v) is 9.04. The van der Waals surface area contributed by atoms with E-state index < -0.39 is 0 Å². The lowest BCUT2D eigenvalue weighted by molar-refractivity contribution is 0.542. The first kappa shape index (κ1) is 10.2. The molecule has 1 aromatic rings. The number of rotatable bonds is 1. The Morgan fingerprint density at radius 3 is 2.87 bits per heavy atom. The Bertz CT molecular complexity index is 406. The van der Waals surface area contributed by atoms with Crippen LogP contribution >= 0.6 is 0 Å². The fourth-order valence-corrected chi connectivity index (χ4v) is 2.09. The molecule has 0 aliphatic carbocycles. The molecule has 0 radical (unpaired) electrons. The second-order valence-corrected chi connectivity index (χ2v) is 4.10. The number of hydrogen-bond acceptors (Lipinski definition) is 3. The summed E-state index contributed by atoms with van der Waals surface area (Å²) in [5.74, 6) is 0.0198. The van der Waals surface area contributed by atoms with E-state index in [1.165, 1.54) is 16.7 Å². The molecule has 1 heterocycles. The molecule has 1 aromatic carbocycles. The smallest absolute Gasteiger partial charge is 0.0809 e. The molecule has 1 aliphatic heterocycles. The molecule has 15 heavy (non-hydrogen) atoms. The van der Waals surface area contributed by atoms with Crippen LogP contribution in [0, 0.1) is 31.1 Å². The van der Waals surface area contributed by atoms with E-state index in [0.29, 0.717) is 6.54 Å². The van der Waals surface area contributed by atoms with Crippen LogP contribution in [0.4, 0.5) is 0 Å². The lowest BCUT2D eigenvalue weighted by Crippen LogP contribution is -2.25. The highest BCUT2D eigenvalue weighted by molar-refractivity contribution is 5.34. The van der Waals surface area contributed by atoms with E-state index in [-0.39, 0.29) is 12.0 Å². The third kappa shape index (κ3) is 1.87. The average molecular weight is 201 g/mol. The summed E-state index contributed by atoms with van der Waals surface area (Å²) >= 11 is 0. The van der Waals surface area contributed by atoms with Crippen LogP contribution in [-0.2, 0) is 0 Å². The molecule has 1 fully saturated rings. The number of nitrogens with one attached hydrogen (secondary N) is 2. The van der Waals surface area contributed by atoms with Gasteiger partial charge in [0.2, 0.25) is 0 Å². The van der Waals surface area contributed by atoms with Crippen LogP contribution in [0.1, 0.15) is 22.7 Å². The van der Waals surface area contributed by atoms with Gasteiger partial charge in [0.25, 0.3) is 0 Å². The van der Waals surface area contributed by atoms with Gasteiger partial charge < -0.3 is 0 Å². The zero-order valence-electron chi connectivity index (χ0n) is 9.04. The monoisotopic (exact) mass is 201 g/mol. The quantitative estimate of drug-likeness (QED) is 0.725. The van der Waals surface area contributed by atoms with E-state index >= 15 is 0 Å². The van der Waals surface area contributed by atoms with E-state index in [4.69, 9.17) is 5.26 Å². The van der Waals surface area contributed by atoms with Crippen LogP contribution in [0.25, 0.3) is 0 Å². The van der Waals surface area contributed by atoms with Crippen LogP contribution in [0.5, 0.6) is 0 Å². The summed E-state index contributed by atoms with van der Waals surface area (Å²) in [6, 6.07) is 8.81. The van der Waals surface area contributed by atoms with Crippen molar-refractivity contribution in [2.24, 2.45) is 5.92 Å². The summed E-state index contributed by atoms with van der Waals surface area (Å²) in [6.07, 6.45) is 0. The Morgan fingerprint density at radius 1 is 1.40 bits per heavy atom. The Hall–Kier alpha value is -1.37. The first-order valence-electron chi connectivity index (χ1n) is 5.17. The molecule has 3 nitrogen and oxygen atoms in total. The second kappa shape index (κ2) is 4.01. The van der Waals surface area contributed by atoms with Gasteiger partial charge in [0.05, 0.1) is 18.0 Å². The van der Waals surface area contributed by atoms with Crippen LogP contribution in [0.3, 0.4) is 0 Å². The van der Waals surface area contributed by atoms with Gasteiger partial charge in [0.15, 0.2) is 0 Å². The van der Waals surface area contributed by atoms with Crippen LogP contribution in [0.15, 0.2) is 18.2 Å². The molecule has 1 saturated heterocycles. The van der Waals surface area contributed by atoms with Gasteiger partial charge in [-0.2, -0.15) is 5.26 Å². The largest absolute Gasteiger partial charge is 0.256 e. The Balaban J connectivity index is 2.33. The number of benzene rings is 1. The summed E-state index contributed by atoms with van der Waals surface area (Å²) in [5.41, 5.74) is 9.93. The minimum atomic E-state index is 0.0198. The maximum absolute atomic E-state index is 9.01. The van der Waals surface area contributed by atoms with Gasteiger partial charge >= 0.3 is 0 Å². The molecule has 3 heteroatoms. The van der Waals surface area contributed by atoms with Gasteiger partial charge in [-0.3, -0.25) is 5.43 Å². The van der Waals surface area contributed by atoms with Crippen molar-refractivity contribution in [2.45, 2.75) is 19.9 Å². The van der Waals surface area contributed by atoms with Crippen molar-refractivity contribution in [2.75, 3.05) is 6.54 Å². The standard InChI is InChI=1S/C12H15N3/c1-8-3-4-11(9(2)5-8)12-10(6-13)7-14-15-12/h3-5,10,12,14-15H,7H2,1-2H3. The van der Waals surface area contributed by atoms with Gasteiger partial charge in [0, 0.05) is 6.54 Å². The van der Waals surface area contributed by atoms with Crippen LogP contribution < -0.4 is 10.9 Å². The summed E-state index contributed by atoms with van der Waals surface area (Å²) in [4.78, 5) is 0. The first-order chi connectivity index (χ1) is 7.22. The van der Waals surface area contributed by atoms with E-state index in [0.717, 1.165) is 0 Å². The molecule has 0 amide bonds. The first-order valence-corrected chi connectivity index (χ1v) is 5.17. The van der Waals surface area contributed by atoms with Crippen molar-refractivity contribution in [3.05, 3.63) is 34.9 Å². The van der Waals surface area contributed by atoms with Gasteiger partial charge in [-0.25, -0.2) is 5.43 Å². The molecule has 0 bridgehead atoms. The fraction of sp³-hybridized carbons (Fsp3) is 0.417. The molecule has 1 aliphatic rings. The Kier molecular flexibility index (Phi) is 2.72. The number of hydrogen-bond donors (Lipinski definition) is 2. The van der Waals surface area contributed by atoms with Crippen molar-refractivity contribution in [3.8, 4) is 6.07 Å². The molecule has 2 unspecified atom stereocenters. The SMILES string of the molecule is Cc1ccc(C2NNCC2C#N)c(C)c1. The van der Waals surface area contributed by atoms with Crippen molar-refractivity contribution in [3.63, 3.8) is 0 Å². The number of nitrogens with zero attached hydrogens (tertiary/aromatic N) is 1. The fourth-order valence-electron chi connectivity index (χ4n) is 2.09. The van der Waals surface area contributed by atoms with Gasteiger partial charge in [-0.15, -0.1) is 0 Å². The van der Waals surface area contributed by atoms with E-state index in [1.54, 1.807) is 0 Å². The van der Waals surface area contributed by atoms with Gasteiger partial charge in [-0.05, 0) is 25.0 Å². The molecule has 78 valence electrons. The minimum absolute atomic E-state index is 0.0198. The molecular weight excluding hydrogens is 186 g/mol. The predicted octanol–water partition coefficient (Wildman–Crippen LogP) is 1.59. The van der Waals surface area contributed by atoms with E-state index in [1.807, 2.05) is 0 Å². The lowest BCUT2D eigenvalue weighted by atomic mass is 9.92. The minimum Gasteiger partial charge on any atom is -0.256 e. The van der Waals surface area contributed by atoms with Crippen molar-refractivity contribution >= 4 is 0 Å². The molecule has 0 saturated carbocycles. The molecule has 2 rings (SSSR count). The predicted molar refractivity (Wildman–Crippen MR) is 58.9 cm³/mol. The molecular formula is C12H15N3. The molecule has 2 atom stereocenters. The van der Waals surface area contributed by atoms with Gasteiger partial charge in [0.1, 0.15) is 0 Å². The maximum Gasteiger partial charge on any atom is 0.0809 e. The summed E-state index contributed by atoms with van der Waals surface area (Å²) in [7, 11) is 0. The number of nitriles is 1. The highest BCUT2D eigenvalue weighted by Crippen LogP contribution is 2.27. The van der Waals surface area contributed by atoms with Crippen LogP contribution in [0.2, 0.25) is 0 Å². The zero-order chi connectivity index (χ0) is 10.8. The lowest BCUT2D eigenvalue weighted by Gasteiger charge is -2.16. The van der Waals surface area contributed by atoms with E-state index in [9.17, 15) is 0 Å². The normalized spacial score (nSPS) is 25.1. The van der Waals surface area contributed by atoms with E-state index in [2.05, 4.69) is 49.0 Å². The van der Waals surface area contributed by atoms with Crippen molar-refractivity contribution in [1.29, 1.82) is 5.26 Å².